The van der Waals surface area contributed by atoms with Crippen LogP contribution in [0.2, 0.25) is 5.02 Å². The average molecular weight is 426 g/mol. The van der Waals surface area contributed by atoms with Crippen LogP contribution < -0.4 is 5.32 Å². The Bertz CT molecular complexity index is 957. The van der Waals surface area contributed by atoms with Crippen LogP contribution in [-0.4, -0.2) is 16.6 Å². The van der Waals surface area contributed by atoms with E-state index in [0.29, 0.717) is 10.6 Å². The van der Waals surface area contributed by atoms with Gasteiger partial charge in [0.1, 0.15) is 11.1 Å². The van der Waals surface area contributed by atoms with Gasteiger partial charge in [0.05, 0.1) is 22.6 Å². The van der Waals surface area contributed by atoms with E-state index in [1.54, 1.807) is 6.07 Å². The van der Waals surface area contributed by atoms with Crippen molar-refractivity contribution in [1.82, 2.24) is 4.98 Å². The fraction of sp³-hybridized carbons (Fsp3) is 0.316. The first kappa shape index (κ1) is 20.5. The number of hydrogen-bond donors (Lipinski definition) is 1. The van der Waals surface area contributed by atoms with E-state index in [9.17, 15) is 23.2 Å². The van der Waals surface area contributed by atoms with E-state index in [1.807, 2.05) is 0 Å². The van der Waals surface area contributed by atoms with Crippen LogP contribution in [0.25, 0.3) is 0 Å². The highest BCUT2D eigenvalue weighted by Gasteiger charge is 2.34. The van der Waals surface area contributed by atoms with E-state index in [1.165, 1.54) is 6.07 Å². The highest BCUT2D eigenvalue weighted by atomic mass is 35.5. The summed E-state index contributed by atoms with van der Waals surface area (Å²) in [5.41, 5.74) is 0.975. The minimum atomic E-state index is -4.64. The number of aryl methyl sites for hydroxylation is 2. The van der Waals surface area contributed by atoms with E-state index < -0.39 is 17.6 Å². The third-order valence-electron chi connectivity index (χ3n) is 4.29. The number of anilines is 1. The summed E-state index contributed by atoms with van der Waals surface area (Å²) in [6, 6.07) is 7.03. The second kappa shape index (κ2) is 8.41. The van der Waals surface area contributed by atoms with Crippen molar-refractivity contribution in [2.75, 3.05) is 11.1 Å². The fourth-order valence-electron chi connectivity index (χ4n) is 2.99. The molecule has 1 aromatic carbocycles. The SMILES string of the molecule is N#Cc1cc2c(nc1SCC(=O)Nc1ccc(Cl)cc1C(F)(F)F)CCCC2. The maximum atomic E-state index is 13.1. The van der Waals surface area contributed by atoms with Crippen LogP contribution in [0.5, 0.6) is 0 Å². The summed E-state index contributed by atoms with van der Waals surface area (Å²) in [7, 11) is 0. The van der Waals surface area contributed by atoms with E-state index >= 15 is 0 Å². The molecule has 0 radical (unpaired) electrons. The molecule has 28 heavy (non-hydrogen) atoms. The molecule has 0 fully saturated rings. The molecule has 4 nitrogen and oxygen atoms in total. The summed E-state index contributed by atoms with van der Waals surface area (Å²) in [6.07, 6.45) is -0.876. The number of hydrogen-bond acceptors (Lipinski definition) is 4. The second-order valence-electron chi connectivity index (χ2n) is 6.29. The molecule has 0 spiro atoms. The third-order valence-corrected chi connectivity index (χ3v) is 5.51. The lowest BCUT2D eigenvalue weighted by Gasteiger charge is -2.16. The number of nitrogens with zero attached hydrogens (tertiary/aromatic N) is 2. The van der Waals surface area contributed by atoms with E-state index in [0.717, 1.165) is 60.8 Å². The first-order chi connectivity index (χ1) is 13.3. The van der Waals surface area contributed by atoms with Crippen LogP contribution in [-0.2, 0) is 23.8 Å². The van der Waals surface area contributed by atoms with Crippen LogP contribution in [0.3, 0.4) is 0 Å². The molecule has 9 heteroatoms. The minimum Gasteiger partial charge on any atom is -0.325 e. The summed E-state index contributed by atoms with van der Waals surface area (Å²) >= 11 is 6.67. The van der Waals surface area contributed by atoms with Gasteiger partial charge < -0.3 is 5.32 Å². The first-order valence-corrected chi connectivity index (χ1v) is 9.86. The number of benzene rings is 1. The van der Waals surface area contributed by atoms with Gasteiger partial charge >= 0.3 is 6.18 Å². The zero-order chi connectivity index (χ0) is 20.3. The van der Waals surface area contributed by atoms with Gasteiger partial charge in [0.15, 0.2) is 0 Å². The van der Waals surface area contributed by atoms with Crippen molar-refractivity contribution in [2.24, 2.45) is 0 Å². The van der Waals surface area contributed by atoms with Crippen molar-refractivity contribution in [3.05, 3.63) is 51.7 Å². The Labute approximate surface area is 169 Å². The number of fused-ring (bicyclic) bond motifs is 1. The van der Waals surface area contributed by atoms with E-state index in [-0.39, 0.29) is 16.5 Å². The molecule has 0 aliphatic heterocycles. The van der Waals surface area contributed by atoms with Crippen LogP contribution in [0, 0.1) is 11.3 Å². The Hall–Kier alpha value is -2.24. The molecule has 1 N–H and O–H groups in total. The van der Waals surface area contributed by atoms with E-state index in [4.69, 9.17) is 11.6 Å². The molecule has 146 valence electrons. The van der Waals surface area contributed by atoms with Crippen molar-refractivity contribution >= 4 is 35.0 Å². The van der Waals surface area contributed by atoms with Gasteiger partial charge in [0.2, 0.25) is 5.91 Å². The van der Waals surface area contributed by atoms with Gasteiger partial charge in [0, 0.05) is 10.7 Å². The molecule has 1 aliphatic rings. The zero-order valence-corrected chi connectivity index (χ0v) is 16.1. The lowest BCUT2D eigenvalue weighted by atomic mass is 9.95. The molecule has 1 amide bonds. The Morgan fingerprint density at radius 1 is 1.29 bits per heavy atom. The standard InChI is InChI=1S/C19H15ClF3N3OS/c20-13-5-6-16(14(8-13)19(21,22)23)25-17(27)10-28-18-12(9-24)7-11-3-1-2-4-15(11)26-18/h5-8H,1-4,10H2,(H,25,27). The maximum absolute atomic E-state index is 13.1. The van der Waals surface area contributed by atoms with E-state index in [2.05, 4.69) is 16.4 Å². The molecule has 1 heterocycles. The van der Waals surface area contributed by atoms with Crippen molar-refractivity contribution in [1.29, 1.82) is 5.26 Å². The molecule has 2 aromatic rings. The molecule has 1 aromatic heterocycles. The molecule has 0 bridgehead atoms. The highest BCUT2D eigenvalue weighted by molar-refractivity contribution is 8.00. The summed E-state index contributed by atoms with van der Waals surface area (Å²) in [4.78, 5) is 16.7. The van der Waals surface area contributed by atoms with Crippen LogP contribution in [0.1, 0.15) is 35.2 Å². The zero-order valence-electron chi connectivity index (χ0n) is 14.6. The second-order valence-corrected chi connectivity index (χ2v) is 7.69. The number of carbonyl (C=O) groups excluding carboxylic acids is 1. The van der Waals surface area contributed by atoms with Crippen molar-refractivity contribution in [3.8, 4) is 6.07 Å². The lowest BCUT2D eigenvalue weighted by Crippen LogP contribution is -2.18. The summed E-state index contributed by atoms with van der Waals surface area (Å²) in [5.74, 6) is -0.790. The van der Waals surface area contributed by atoms with Gasteiger partial charge in [-0.05, 0) is 55.5 Å². The highest BCUT2D eigenvalue weighted by Crippen LogP contribution is 2.36. The molecule has 0 unspecified atom stereocenters. The Kier molecular flexibility index (Phi) is 6.16. The van der Waals surface area contributed by atoms with Crippen LogP contribution in [0.4, 0.5) is 18.9 Å². The lowest BCUT2D eigenvalue weighted by molar-refractivity contribution is -0.137. The predicted molar refractivity (Wildman–Crippen MR) is 101 cm³/mol. The molecule has 0 saturated heterocycles. The molecule has 0 saturated carbocycles. The van der Waals surface area contributed by atoms with Gasteiger partial charge in [0.25, 0.3) is 0 Å². The Morgan fingerprint density at radius 3 is 2.75 bits per heavy atom. The molecule has 3 rings (SSSR count). The van der Waals surface area contributed by atoms with Crippen LogP contribution in [0.15, 0.2) is 29.3 Å². The maximum Gasteiger partial charge on any atom is 0.418 e. The molecule has 1 aliphatic carbocycles. The smallest absolute Gasteiger partial charge is 0.325 e. The number of aromatic nitrogens is 1. The Balaban J connectivity index is 1.73. The van der Waals surface area contributed by atoms with Crippen molar-refractivity contribution < 1.29 is 18.0 Å². The molecular weight excluding hydrogens is 411 g/mol. The monoisotopic (exact) mass is 425 g/mol. The number of halogens is 4. The predicted octanol–water partition coefficient (Wildman–Crippen LogP) is 5.24. The number of carbonyl (C=O) groups is 1. The van der Waals surface area contributed by atoms with Gasteiger partial charge in [-0.25, -0.2) is 4.98 Å². The summed E-state index contributed by atoms with van der Waals surface area (Å²) < 4.78 is 39.4. The number of pyridine rings is 1. The van der Waals surface area contributed by atoms with Gasteiger partial charge in [-0.1, -0.05) is 23.4 Å². The van der Waals surface area contributed by atoms with Gasteiger partial charge in [-0.2, -0.15) is 18.4 Å². The number of alkyl halides is 3. The average Bonchev–Trinajstić information content (AvgIpc) is 2.66. The quantitative estimate of drug-likeness (QED) is 0.681. The number of rotatable bonds is 4. The first-order valence-electron chi connectivity index (χ1n) is 8.50. The fourth-order valence-corrected chi connectivity index (χ4v) is 3.93. The number of nitrogens with one attached hydrogen (secondary N) is 1. The number of amides is 1. The summed E-state index contributed by atoms with van der Waals surface area (Å²) in [5, 5.41) is 11.9. The number of nitriles is 1. The minimum absolute atomic E-state index is 0.0726. The normalized spacial score (nSPS) is 13.5. The van der Waals surface area contributed by atoms with Gasteiger partial charge in [-0.15, -0.1) is 0 Å². The third kappa shape index (κ3) is 4.78. The number of thioether (sulfide) groups is 1. The van der Waals surface area contributed by atoms with Crippen molar-refractivity contribution in [2.45, 2.75) is 36.9 Å². The Morgan fingerprint density at radius 2 is 2.04 bits per heavy atom. The summed E-state index contributed by atoms with van der Waals surface area (Å²) in [6.45, 7) is 0. The van der Waals surface area contributed by atoms with Crippen molar-refractivity contribution in [3.63, 3.8) is 0 Å². The molecular formula is C19H15ClF3N3OS. The topological polar surface area (TPSA) is 65.8 Å². The van der Waals surface area contributed by atoms with Gasteiger partial charge in [-0.3, -0.25) is 4.79 Å². The molecule has 0 atom stereocenters. The van der Waals surface area contributed by atoms with Crippen LogP contribution >= 0.6 is 23.4 Å². The largest absolute Gasteiger partial charge is 0.418 e.